The van der Waals surface area contributed by atoms with Crippen molar-refractivity contribution in [3.63, 3.8) is 0 Å². The predicted octanol–water partition coefficient (Wildman–Crippen LogP) is 6.73. The van der Waals surface area contributed by atoms with Gasteiger partial charge in [0.2, 0.25) is 0 Å². The predicted molar refractivity (Wildman–Crippen MR) is 252 cm³/mol. The van der Waals surface area contributed by atoms with E-state index in [1.807, 2.05) is 0 Å². The van der Waals surface area contributed by atoms with Gasteiger partial charge in [-0.25, -0.2) is 0 Å². The smallest absolute Gasteiger partial charge is 0.306 e. The van der Waals surface area contributed by atoms with Gasteiger partial charge in [0.1, 0.15) is 54.9 Å². The molecule has 14 nitrogen and oxygen atoms in total. The Hall–Kier alpha value is -2.57. The minimum absolute atomic E-state index is 0.0447. The fraction of sp³-hybridized carbons (Fsp3) is 0.745. The molecule has 2 saturated heterocycles. The number of rotatable bonds is 37. The Morgan fingerprint density at radius 2 is 1.00 bits per heavy atom. The number of allylic oxidation sites excluding steroid dienone is 12. The number of aliphatic hydroxyl groups is 7. The summed E-state index contributed by atoms with van der Waals surface area (Å²) in [7, 11) is 0. The summed E-state index contributed by atoms with van der Waals surface area (Å²) >= 11 is 0. The van der Waals surface area contributed by atoms with Crippen molar-refractivity contribution in [1.29, 1.82) is 0 Å². The average Bonchev–Trinajstić information content (AvgIpc) is 3.30. The molecule has 2 heterocycles. The van der Waals surface area contributed by atoms with Crippen molar-refractivity contribution in [3.8, 4) is 0 Å². The highest BCUT2D eigenvalue weighted by Crippen LogP contribution is 2.26. The number of hydrogen-bond donors (Lipinski definition) is 7. The van der Waals surface area contributed by atoms with Gasteiger partial charge in [0, 0.05) is 13.0 Å². The Kier molecular flexibility index (Phi) is 34.6. The molecule has 0 bridgehead atoms. The first-order chi connectivity index (χ1) is 31.6. The van der Waals surface area contributed by atoms with E-state index >= 15 is 0 Å². The second-order valence-corrected chi connectivity index (χ2v) is 16.9. The van der Waals surface area contributed by atoms with E-state index in [9.17, 15) is 40.5 Å². The van der Waals surface area contributed by atoms with Crippen molar-refractivity contribution in [3.05, 3.63) is 72.9 Å². The maximum atomic E-state index is 12.8. The topological polar surface area (TPSA) is 214 Å². The Balaban J connectivity index is 1.71. The summed E-state index contributed by atoms with van der Waals surface area (Å²) in [5.74, 6) is -0.394. The fourth-order valence-electron chi connectivity index (χ4n) is 7.23. The lowest BCUT2D eigenvalue weighted by Gasteiger charge is -2.42. The number of esters is 1. The lowest BCUT2D eigenvalue weighted by molar-refractivity contribution is -0.332. The third kappa shape index (κ3) is 26.5. The quantitative estimate of drug-likeness (QED) is 0.0196. The maximum absolute atomic E-state index is 12.8. The monoisotopic (exact) mass is 923 g/mol. The van der Waals surface area contributed by atoms with Crippen LogP contribution in [0.2, 0.25) is 0 Å². The van der Waals surface area contributed by atoms with Crippen LogP contribution in [0.1, 0.15) is 142 Å². The van der Waals surface area contributed by atoms with Crippen LogP contribution in [0.4, 0.5) is 0 Å². The first kappa shape index (κ1) is 58.6. The van der Waals surface area contributed by atoms with Gasteiger partial charge in [-0.1, -0.05) is 145 Å². The summed E-state index contributed by atoms with van der Waals surface area (Å²) in [5, 5.41) is 71.9. The van der Waals surface area contributed by atoms with Crippen LogP contribution in [0, 0.1) is 0 Å². The van der Waals surface area contributed by atoms with E-state index in [1.54, 1.807) is 0 Å². The summed E-state index contributed by atoms with van der Waals surface area (Å²) < 4.78 is 34.1. The van der Waals surface area contributed by atoms with Crippen LogP contribution in [0.25, 0.3) is 0 Å². The number of aliphatic hydroxyl groups excluding tert-OH is 7. The lowest BCUT2D eigenvalue weighted by Crippen LogP contribution is -2.61. The number of ether oxygens (including phenoxy) is 6. The molecule has 0 spiro atoms. The number of hydrogen-bond acceptors (Lipinski definition) is 14. The third-order valence-electron chi connectivity index (χ3n) is 11.2. The van der Waals surface area contributed by atoms with Gasteiger partial charge < -0.3 is 64.2 Å². The van der Waals surface area contributed by atoms with E-state index in [-0.39, 0.29) is 19.6 Å². The van der Waals surface area contributed by atoms with Crippen LogP contribution in [0.15, 0.2) is 72.9 Å². The van der Waals surface area contributed by atoms with Crippen molar-refractivity contribution in [2.24, 2.45) is 0 Å². The van der Waals surface area contributed by atoms with Gasteiger partial charge in [-0.2, -0.15) is 0 Å². The molecule has 374 valence electrons. The molecule has 2 rings (SSSR count). The van der Waals surface area contributed by atoms with Gasteiger partial charge in [-0.3, -0.25) is 4.79 Å². The molecule has 7 N–H and O–H groups in total. The van der Waals surface area contributed by atoms with Crippen LogP contribution >= 0.6 is 0 Å². The molecule has 0 aromatic carbocycles. The molecule has 0 aromatic heterocycles. The molecule has 0 saturated carbocycles. The highest BCUT2D eigenvalue weighted by atomic mass is 16.7. The zero-order valence-corrected chi connectivity index (χ0v) is 39.4. The Morgan fingerprint density at radius 1 is 0.523 bits per heavy atom. The molecular formula is C51H86O14. The molecule has 11 unspecified atom stereocenters. The van der Waals surface area contributed by atoms with E-state index in [2.05, 4.69) is 86.8 Å². The molecule has 14 heteroatoms. The van der Waals surface area contributed by atoms with Crippen LogP contribution in [-0.2, 0) is 33.2 Å². The molecule has 11 atom stereocenters. The van der Waals surface area contributed by atoms with Crippen molar-refractivity contribution in [1.82, 2.24) is 0 Å². The molecule has 65 heavy (non-hydrogen) atoms. The number of carbonyl (C=O) groups excluding carboxylic acids is 1. The summed E-state index contributed by atoms with van der Waals surface area (Å²) in [4.78, 5) is 12.8. The first-order valence-electron chi connectivity index (χ1n) is 24.5. The molecule has 2 aliphatic heterocycles. The van der Waals surface area contributed by atoms with Crippen LogP contribution < -0.4 is 0 Å². The van der Waals surface area contributed by atoms with Gasteiger partial charge in [0.25, 0.3) is 0 Å². The normalized spacial score (nSPS) is 27.2. The van der Waals surface area contributed by atoms with E-state index in [0.29, 0.717) is 13.0 Å². The van der Waals surface area contributed by atoms with E-state index in [0.717, 1.165) is 96.3 Å². The molecule has 0 aromatic rings. The van der Waals surface area contributed by atoms with E-state index in [4.69, 9.17) is 28.4 Å². The SMILES string of the molecule is CC/C=C\C/C=C\C/C=C\C/C=C\C/C=C\C/C=C\CCCCCCCOCC(COC1OC(COC2OC(CO)C(O)C(O)C2O)C(O)C(O)C1O)OC(=O)CCCCCCCCC. The van der Waals surface area contributed by atoms with E-state index in [1.165, 1.54) is 19.3 Å². The zero-order chi connectivity index (χ0) is 47.3. The second-order valence-electron chi connectivity index (χ2n) is 16.9. The third-order valence-corrected chi connectivity index (χ3v) is 11.2. The molecule has 2 aliphatic rings. The summed E-state index contributed by atoms with van der Waals surface area (Å²) in [5.41, 5.74) is 0. The van der Waals surface area contributed by atoms with Crippen molar-refractivity contribution in [2.45, 2.75) is 210 Å². The highest BCUT2D eigenvalue weighted by molar-refractivity contribution is 5.69. The summed E-state index contributed by atoms with van der Waals surface area (Å²) in [6.45, 7) is 3.44. The highest BCUT2D eigenvalue weighted by Gasteiger charge is 2.47. The van der Waals surface area contributed by atoms with Crippen LogP contribution in [0.5, 0.6) is 0 Å². The Labute approximate surface area is 389 Å². The lowest BCUT2D eigenvalue weighted by atomic mass is 9.98. The van der Waals surface area contributed by atoms with Crippen LogP contribution in [0.3, 0.4) is 0 Å². The van der Waals surface area contributed by atoms with Gasteiger partial charge >= 0.3 is 5.97 Å². The van der Waals surface area contributed by atoms with Crippen molar-refractivity contribution >= 4 is 5.97 Å². The molecular weight excluding hydrogens is 837 g/mol. The van der Waals surface area contributed by atoms with Crippen molar-refractivity contribution < 1.29 is 69.0 Å². The number of unbranched alkanes of at least 4 members (excludes halogenated alkanes) is 11. The maximum Gasteiger partial charge on any atom is 0.306 e. The average molecular weight is 923 g/mol. The molecule has 0 aliphatic carbocycles. The second kappa shape index (κ2) is 38.4. The molecule has 2 fully saturated rings. The first-order valence-corrected chi connectivity index (χ1v) is 24.5. The zero-order valence-electron chi connectivity index (χ0n) is 39.4. The van der Waals surface area contributed by atoms with Gasteiger partial charge in [0.05, 0.1) is 26.4 Å². The summed E-state index contributed by atoms with van der Waals surface area (Å²) in [6, 6.07) is 0. The Bertz CT molecular complexity index is 1350. The van der Waals surface area contributed by atoms with Gasteiger partial charge in [-0.15, -0.1) is 0 Å². The Morgan fingerprint density at radius 3 is 1.57 bits per heavy atom. The number of carbonyl (C=O) groups is 1. The largest absolute Gasteiger partial charge is 0.457 e. The van der Waals surface area contributed by atoms with Crippen LogP contribution in [-0.4, -0.2) is 142 Å². The standard InChI is InChI=1S/C51H86O14/c1-3-5-7-9-11-12-13-14-15-16-17-18-19-20-21-22-23-24-25-26-27-29-31-33-35-60-37-40(63-43(53)34-32-30-28-10-8-6-4-2)38-61-50-49(59)47(57)45(55)42(65-50)39-62-51-48(58)46(56)44(54)41(36-52)64-51/h5,7,11-12,14-15,17-18,20-21,23-24,40-42,44-52,54-59H,3-4,6,8-10,13,16,19,22,25-39H2,1-2H3/b7-5-,12-11-,15-14-,18-17-,21-20-,24-23-. The van der Waals surface area contributed by atoms with E-state index < -0.39 is 86.7 Å². The minimum Gasteiger partial charge on any atom is -0.457 e. The van der Waals surface area contributed by atoms with Gasteiger partial charge in [0.15, 0.2) is 12.6 Å². The van der Waals surface area contributed by atoms with Gasteiger partial charge in [-0.05, 0) is 64.2 Å². The molecule has 0 amide bonds. The summed E-state index contributed by atoms with van der Waals surface area (Å²) in [6.07, 6.45) is 30.0. The fourth-order valence-corrected chi connectivity index (χ4v) is 7.23. The van der Waals surface area contributed by atoms with Crippen molar-refractivity contribution in [2.75, 3.05) is 33.0 Å². The minimum atomic E-state index is -1.71. The molecule has 0 radical (unpaired) electrons.